The summed E-state index contributed by atoms with van der Waals surface area (Å²) in [6, 6.07) is 0. The van der Waals surface area contributed by atoms with Crippen LogP contribution >= 0.6 is 0 Å². The Kier molecular flexibility index (Phi) is 5.22. The van der Waals surface area contributed by atoms with Crippen LogP contribution in [0.3, 0.4) is 0 Å². The summed E-state index contributed by atoms with van der Waals surface area (Å²) in [6.45, 7) is 6.93. The van der Waals surface area contributed by atoms with Gasteiger partial charge >= 0.3 is 0 Å². The first-order valence-electron chi connectivity index (χ1n) is 6.17. The van der Waals surface area contributed by atoms with Crippen molar-refractivity contribution in [3.8, 4) is 0 Å². The second-order valence-corrected chi connectivity index (χ2v) is 5.06. The lowest BCUT2D eigenvalue weighted by Crippen LogP contribution is -2.37. The summed E-state index contributed by atoms with van der Waals surface area (Å²) >= 11 is 0. The Morgan fingerprint density at radius 2 is 2.19 bits per heavy atom. The van der Waals surface area contributed by atoms with Gasteiger partial charge < -0.3 is 15.8 Å². The summed E-state index contributed by atoms with van der Waals surface area (Å²) in [5.74, 6) is 0.695. The highest BCUT2D eigenvalue weighted by atomic mass is 16.5. The number of amides is 1. The van der Waals surface area contributed by atoms with E-state index in [9.17, 15) is 4.79 Å². The summed E-state index contributed by atoms with van der Waals surface area (Å²) in [6.07, 6.45) is 2.76. The molecule has 0 radical (unpaired) electrons. The average Bonchev–Trinajstić information content (AvgIpc) is 3.03. The van der Waals surface area contributed by atoms with E-state index in [0.717, 1.165) is 25.9 Å². The van der Waals surface area contributed by atoms with Crippen molar-refractivity contribution in [1.82, 2.24) is 5.32 Å². The Balaban J connectivity index is 1.97. The third kappa shape index (κ3) is 4.10. The summed E-state index contributed by atoms with van der Waals surface area (Å²) < 4.78 is 5.43. The van der Waals surface area contributed by atoms with Gasteiger partial charge in [0.25, 0.3) is 0 Å². The van der Waals surface area contributed by atoms with Gasteiger partial charge in [-0.25, -0.2) is 0 Å². The molecule has 3 N–H and O–H groups in total. The maximum Gasteiger partial charge on any atom is 0.227 e. The van der Waals surface area contributed by atoms with Crippen LogP contribution in [0.4, 0.5) is 0 Å². The van der Waals surface area contributed by atoms with E-state index in [4.69, 9.17) is 10.5 Å². The summed E-state index contributed by atoms with van der Waals surface area (Å²) in [5.41, 5.74) is 5.35. The van der Waals surface area contributed by atoms with E-state index >= 15 is 0 Å². The Labute approximate surface area is 97.9 Å². The van der Waals surface area contributed by atoms with Crippen LogP contribution in [0.15, 0.2) is 0 Å². The van der Waals surface area contributed by atoms with Crippen LogP contribution in [0.1, 0.15) is 33.1 Å². The molecule has 0 heterocycles. The Hall–Kier alpha value is -0.610. The number of nitrogens with one attached hydrogen (secondary N) is 1. The van der Waals surface area contributed by atoms with Gasteiger partial charge in [-0.3, -0.25) is 4.79 Å². The molecule has 0 aliphatic heterocycles. The second-order valence-electron chi connectivity index (χ2n) is 5.06. The van der Waals surface area contributed by atoms with Crippen LogP contribution in [0.5, 0.6) is 0 Å². The molecule has 4 heteroatoms. The molecule has 0 aromatic rings. The van der Waals surface area contributed by atoms with E-state index in [1.807, 2.05) is 0 Å². The fraction of sp³-hybridized carbons (Fsp3) is 0.917. The first-order chi connectivity index (χ1) is 7.60. The summed E-state index contributed by atoms with van der Waals surface area (Å²) in [5, 5.41) is 2.93. The fourth-order valence-corrected chi connectivity index (χ4v) is 1.56. The van der Waals surface area contributed by atoms with Gasteiger partial charge in [0, 0.05) is 26.3 Å². The largest absolute Gasteiger partial charge is 0.381 e. The van der Waals surface area contributed by atoms with Crippen LogP contribution in [0, 0.1) is 11.3 Å². The highest BCUT2D eigenvalue weighted by molar-refractivity contribution is 5.85. The molecule has 1 fully saturated rings. The van der Waals surface area contributed by atoms with E-state index in [2.05, 4.69) is 19.2 Å². The SMILES string of the molecule is CC(C)COCCCNC(=O)C1(CN)CC1. The Morgan fingerprint density at radius 3 is 2.69 bits per heavy atom. The van der Waals surface area contributed by atoms with E-state index in [1.54, 1.807) is 0 Å². The van der Waals surface area contributed by atoms with E-state index in [0.29, 0.717) is 25.6 Å². The minimum absolute atomic E-state index is 0.124. The van der Waals surface area contributed by atoms with Crippen molar-refractivity contribution in [3.63, 3.8) is 0 Å². The van der Waals surface area contributed by atoms with Crippen molar-refractivity contribution in [3.05, 3.63) is 0 Å². The van der Waals surface area contributed by atoms with Crippen LogP contribution < -0.4 is 11.1 Å². The van der Waals surface area contributed by atoms with Crippen molar-refractivity contribution in [2.75, 3.05) is 26.3 Å². The van der Waals surface area contributed by atoms with Crippen molar-refractivity contribution in [2.45, 2.75) is 33.1 Å². The molecule has 0 spiro atoms. The Morgan fingerprint density at radius 1 is 1.50 bits per heavy atom. The first kappa shape index (κ1) is 13.5. The zero-order valence-electron chi connectivity index (χ0n) is 10.4. The predicted molar refractivity (Wildman–Crippen MR) is 64.0 cm³/mol. The van der Waals surface area contributed by atoms with Crippen LogP contribution in [-0.2, 0) is 9.53 Å². The standard InChI is InChI=1S/C12H24N2O2/c1-10(2)8-16-7-3-6-14-11(15)12(9-13)4-5-12/h10H,3-9,13H2,1-2H3,(H,14,15). The monoisotopic (exact) mass is 228 g/mol. The number of ether oxygens (including phenoxy) is 1. The molecule has 0 aromatic heterocycles. The van der Waals surface area contributed by atoms with Gasteiger partial charge in [0.2, 0.25) is 5.91 Å². The predicted octanol–water partition coefficient (Wildman–Crippen LogP) is 0.904. The minimum atomic E-state index is -0.223. The molecule has 1 saturated carbocycles. The lowest BCUT2D eigenvalue weighted by Gasteiger charge is -2.12. The van der Waals surface area contributed by atoms with Crippen molar-refractivity contribution in [1.29, 1.82) is 0 Å². The molecular formula is C12H24N2O2. The second kappa shape index (κ2) is 6.21. The van der Waals surface area contributed by atoms with Gasteiger partial charge in [0.1, 0.15) is 0 Å². The van der Waals surface area contributed by atoms with Crippen molar-refractivity contribution >= 4 is 5.91 Å². The number of nitrogens with two attached hydrogens (primary N) is 1. The summed E-state index contributed by atoms with van der Waals surface area (Å²) in [4.78, 5) is 11.7. The molecule has 0 bridgehead atoms. The topological polar surface area (TPSA) is 64.3 Å². The molecule has 16 heavy (non-hydrogen) atoms. The van der Waals surface area contributed by atoms with Gasteiger partial charge in [0.15, 0.2) is 0 Å². The number of hydrogen-bond acceptors (Lipinski definition) is 3. The van der Waals surface area contributed by atoms with Gasteiger partial charge in [0.05, 0.1) is 5.41 Å². The molecule has 94 valence electrons. The van der Waals surface area contributed by atoms with Crippen LogP contribution in [0.25, 0.3) is 0 Å². The normalized spacial score (nSPS) is 17.5. The molecule has 0 atom stereocenters. The van der Waals surface area contributed by atoms with E-state index in [1.165, 1.54) is 0 Å². The third-order valence-electron chi connectivity index (χ3n) is 2.93. The average molecular weight is 228 g/mol. The third-order valence-corrected chi connectivity index (χ3v) is 2.93. The van der Waals surface area contributed by atoms with Gasteiger partial charge in [-0.1, -0.05) is 13.8 Å². The van der Waals surface area contributed by atoms with Gasteiger partial charge in [-0.2, -0.15) is 0 Å². The molecule has 1 rings (SSSR count). The van der Waals surface area contributed by atoms with Crippen LogP contribution in [-0.4, -0.2) is 32.2 Å². The minimum Gasteiger partial charge on any atom is -0.381 e. The fourth-order valence-electron chi connectivity index (χ4n) is 1.56. The molecule has 0 aromatic carbocycles. The highest BCUT2D eigenvalue weighted by Crippen LogP contribution is 2.44. The van der Waals surface area contributed by atoms with Crippen molar-refractivity contribution in [2.24, 2.45) is 17.1 Å². The Bertz CT molecular complexity index is 225. The number of hydrogen-bond donors (Lipinski definition) is 2. The molecule has 1 amide bonds. The van der Waals surface area contributed by atoms with E-state index in [-0.39, 0.29) is 11.3 Å². The zero-order chi connectivity index (χ0) is 12.0. The molecule has 0 unspecified atom stereocenters. The van der Waals surface area contributed by atoms with Gasteiger partial charge in [-0.15, -0.1) is 0 Å². The molecule has 4 nitrogen and oxygen atoms in total. The smallest absolute Gasteiger partial charge is 0.227 e. The quantitative estimate of drug-likeness (QED) is 0.607. The lowest BCUT2D eigenvalue weighted by atomic mass is 10.1. The first-order valence-corrected chi connectivity index (χ1v) is 6.17. The van der Waals surface area contributed by atoms with Crippen LogP contribution in [0.2, 0.25) is 0 Å². The molecule has 1 aliphatic carbocycles. The maximum atomic E-state index is 11.7. The highest BCUT2D eigenvalue weighted by Gasteiger charge is 2.48. The van der Waals surface area contributed by atoms with E-state index < -0.39 is 0 Å². The van der Waals surface area contributed by atoms with Gasteiger partial charge in [-0.05, 0) is 25.2 Å². The van der Waals surface area contributed by atoms with Crippen molar-refractivity contribution < 1.29 is 9.53 Å². The number of carbonyl (C=O) groups excluding carboxylic acids is 1. The summed E-state index contributed by atoms with van der Waals surface area (Å²) in [7, 11) is 0. The molecular weight excluding hydrogens is 204 g/mol. The molecule has 1 aliphatic rings. The number of rotatable bonds is 8. The number of carbonyl (C=O) groups is 1. The lowest BCUT2D eigenvalue weighted by molar-refractivity contribution is -0.126. The zero-order valence-corrected chi connectivity index (χ0v) is 10.4. The molecule has 0 saturated heterocycles. The maximum absolute atomic E-state index is 11.7.